The van der Waals surface area contributed by atoms with E-state index in [-0.39, 0.29) is 23.8 Å². The van der Waals surface area contributed by atoms with Crippen LogP contribution < -0.4 is 4.74 Å². The number of nitro benzene ring substituents is 1. The minimum absolute atomic E-state index is 0.0272. The highest BCUT2D eigenvalue weighted by atomic mass is 16.6. The van der Waals surface area contributed by atoms with Crippen LogP contribution in [0.3, 0.4) is 0 Å². The molecular formula is C19H20N2O6. The van der Waals surface area contributed by atoms with Gasteiger partial charge in [-0.25, -0.2) is 4.79 Å². The van der Waals surface area contributed by atoms with E-state index in [4.69, 9.17) is 4.74 Å². The van der Waals surface area contributed by atoms with Crippen molar-refractivity contribution in [3.63, 3.8) is 0 Å². The molecule has 0 aliphatic carbocycles. The molecule has 0 atom stereocenters. The fraction of sp³-hybridized carbons (Fsp3) is 0.263. The summed E-state index contributed by atoms with van der Waals surface area (Å²) in [5, 5.41) is 11.2. The Bertz CT molecular complexity index is 848. The number of benzene rings is 2. The van der Waals surface area contributed by atoms with Crippen LogP contribution in [0, 0.1) is 17.0 Å². The predicted molar refractivity (Wildman–Crippen MR) is 97.6 cm³/mol. The minimum atomic E-state index is -0.696. The van der Waals surface area contributed by atoms with Crippen molar-refractivity contribution < 1.29 is 24.0 Å². The van der Waals surface area contributed by atoms with Crippen molar-refractivity contribution in [2.45, 2.75) is 13.5 Å². The number of likely N-dealkylation sites (N-methyl/N-ethyl adjacent to an activating group) is 1. The molecule has 1 amide bonds. The van der Waals surface area contributed by atoms with E-state index in [2.05, 4.69) is 4.74 Å². The number of aryl methyl sites for hydroxylation is 1. The first-order valence-corrected chi connectivity index (χ1v) is 8.11. The highest BCUT2D eigenvalue weighted by Gasteiger charge is 2.20. The summed E-state index contributed by atoms with van der Waals surface area (Å²) in [6.07, 6.45) is 0. The average molecular weight is 372 g/mol. The van der Waals surface area contributed by atoms with E-state index in [0.29, 0.717) is 6.54 Å². The molecule has 142 valence electrons. The summed E-state index contributed by atoms with van der Waals surface area (Å²) in [4.78, 5) is 35.8. The van der Waals surface area contributed by atoms with Crippen molar-refractivity contribution in [3.8, 4) is 5.75 Å². The van der Waals surface area contributed by atoms with Crippen LogP contribution in [0.4, 0.5) is 5.69 Å². The van der Waals surface area contributed by atoms with Crippen LogP contribution in [0.15, 0.2) is 42.5 Å². The first-order valence-electron chi connectivity index (χ1n) is 8.11. The number of amides is 1. The zero-order valence-electron chi connectivity index (χ0n) is 15.3. The van der Waals surface area contributed by atoms with Crippen molar-refractivity contribution in [1.29, 1.82) is 0 Å². The van der Waals surface area contributed by atoms with Crippen molar-refractivity contribution in [3.05, 3.63) is 69.3 Å². The van der Waals surface area contributed by atoms with Gasteiger partial charge in [0.1, 0.15) is 0 Å². The van der Waals surface area contributed by atoms with Gasteiger partial charge in [0.05, 0.1) is 17.6 Å². The van der Waals surface area contributed by atoms with Crippen LogP contribution in [0.1, 0.15) is 21.5 Å². The molecule has 0 saturated carbocycles. The molecule has 0 saturated heterocycles. The highest BCUT2D eigenvalue weighted by Crippen LogP contribution is 2.28. The van der Waals surface area contributed by atoms with E-state index in [1.54, 1.807) is 7.05 Å². The minimum Gasteiger partial charge on any atom is -0.477 e. The van der Waals surface area contributed by atoms with Gasteiger partial charge in [-0.2, -0.15) is 0 Å². The summed E-state index contributed by atoms with van der Waals surface area (Å²) in [5.74, 6) is -1.12. The number of methoxy groups -OCH3 is 1. The molecule has 0 aromatic heterocycles. The number of hydrogen-bond acceptors (Lipinski definition) is 6. The second-order valence-electron chi connectivity index (χ2n) is 5.96. The molecule has 0 fully saturated rings. The molecule has 27 heavy (non-hydrogen) atoms. The lowest BCUT2D eigenvalue weighted by atomic mass is 10.1. The lowest BCUT2D eigenvalue weighted by Crippen LogP contribution is -2.31. The molecule has 8 nitrogen and oxygen atoms in total. The summed E-state index contributed by atoms with van der Waals surface area (Å²) in [6, 6.07) is 11.4. The molecule has 0 aliphatic heterocycles. The van der Waals surface area contributed by atoms with Crippen LogP contribution >= 0.6 is 0 Å². The fourth-order valence-electron chi connectivity index (χ4n) is 2.33. The van der Waals surface area contributed by atoms with E-state index < -0.39 is 16.6 Å². The first-order chi connectivity index (χ1) is 12.8. The van der Waals surface area contributed by atoms with E-state index in [9.17, 15) is 19.7 Å². The second-order valence-corrected chi connectivity index (χ2v) is 5.96. The van der Waals surface area contributed by atoms with Gasteiger partial charge in [0, 0.05) is 19.7 Å². The maximum Gasteiger partial charge on any atom is 0.338 e. The third-order valence-corrected chi connectivity index (χ3v) is 3.89. The van der Waals surface area contributed by atoms with Gasteiger partial charge in [0.25, 0.3) is 5.91 Å². The van der Waals surface area contributed by atoms with Crippen molar-refractivity contribution >= 4 is 17.6 Å². The largest absolute Gasteiger partial charge is 0.477 e. The lowest BCUT2D eigenvalue weighted by molar-refractivity contribution is -0.385. The van der Waals surface area contributed by atoms with E-state index >= 15 is 0 Å². The van der Waals surface area contributed by atoms with Crippen molar-refractivity contribution in [1.82, 2.24) is 4.90 Å². The van der Waals surface area contributed by atoms with Crippen LogP contribution in [0.5, 0.6) is 5.75 Å². The molecule has 0 heterocycles. The molecule has 0 bridgehead atoms. The third kappa shape index (κ3) is 5.27. The maximum atomic E-state index is 12.2. The Kier molecular flexibility index (Phi) is 6.48. The Morgan fingerprint density at radius 2 is 1.81 bits per heavy atom. The smallest absolute Gasteiger partial charge is 0.338 e. The summed E-state index contributed by atoms with van der Waals surface area (Å²) in [5.41, 5.74) is 1.70. The van der Waals surface area contributed by atoms with E-state index in [1.807, 2.05) is 31.2 Å². The number of carbonyl (C=O) groups excluding carboxylic acids is 2. The molecule has 0 spiro atoms. The van der Waals surface area contributed by atoms with E-state index in [0.717, 1.165) is 17.2 Å². The maximum absolute atomic E-state index is 12.2. The molecule has 0 unspecified atom stereocenters. The molecule has 0 radical (unpaired) electrons. The lowest BCUT2D eigenvalue weighted by Gasteiger charge is -2.17. The molecule has 2 aromatic carbocycles. The summed E-state index contributed by atoms with van der Waals surface area (Å²) in [6.45, 7) is 2.01. The Balaban J connectivity index is 2.04. The van der Waals surface area contributed by atoms with Crippen LogP contribution in [0.2, 0.25) is 0 Å². The van der Waals surface area contributed by atoms with Gasteiger partial charge in [-0.05, 0) is 24.6 Å². The highest BCUT2D eigenvalue weighted by molar-refractivity contribution is 5.90. The molecule has 2 aromatic rings. The molecule has 0 aliphatic rings. The van der Waals surface area contributed by atoms with Crippen molar-refractivity contribution in [2.24, 2.45) is 0 Å². The van der Waals surface area contributed by atoms with Crippen LogP contribution in [-0.2, 0) is 16.1 Å². The number of rotatable bonds is 7. The number of carbonyl (C=O) groups is 2. The van der Waals surface area contributed by atoms with Gasteiger partial charge in [0.15, 0.2) is 12.4 Å². The summed E-state index contributed by atoms with van der Waals surface area (Å²) in [7, 11) is 2.81. The summed E-state index contributed by atoms with van der Waals surface area (Å²) >= 11 is 0. The standard InChI is InChI=1S/C19H20N2O6/c1-13-4-6-14(7-5-13)11-20(2)18(22)12-27-17-9-8-15(19(23)26-3)10-16(17)21(24)25/h4-10H,11-12H2,1-3H3. The van der Waals surface area contributed by atoms with E-state index in [1.165, 1.54) is 24.1 Å². The molecule has 2 rings (SSSR count). The van der Waals surface area contributed by atoms with Gasteiger partial charge in [-0.15, -0.1) is 0 Å². The number of esters is 1. The second kappa shape index (κ2) is 8.79. The Labute approximate surface area is 156 Å². The number of nitro groups is 1. The van der Waals surface area contributed by atoms with Gasteiger partial charge in [-0.3, -0.25) is 14.9 Å². The topological polar surface area (TPSA) is 99.0 Å². The zero-order chi connectivity index (χ0) is 20.0. The van der Waals surface area contributed by atoms with Gasteiger partial charge in [-0.1, -0.05) is 29.8 Å². The van der Waals surface area contributed by atoms with Gasteiger partial charge in [0.2, 0.25) is 0 Å². The average Bonchev–Trinajstić information content (AvgIpc) is 2.66. The number of hydrogen-bond donors (Lipinski definition) is 0. The molecule has 8 heteroatoms. The Hall–Kier alpha value is -3.42. The predicted octanol–water partition coefficient (Wildman–Crippen LogP) is 2.73. The number of nitrogens with zero attached hydrogens (tertiary/aromatic N) is 2. The SMILES string of the molecule is COC(=O)c1ccc(OCC(=O)N(C)Cc2ccc(C)cc2)c([N+](=O)[O-])c1. The third-order valence-electron chi connectivity index (χ3n) is 3.89. The van der Waals surface area contributed by atoms with Crippen molar-refractivity contribution in [2.75, 3.05) is 20.8 Å². The fourth-order valence-corrected chi connectivity index (χ4v) is 2.33. The zero-order valence-corrected chi connectivity index (χ0v) is 15.3. The van der Waals surface area contributed by atoms with Crippen LogP contribution in [-0.4, -0.2) is 42.5 Å². The Morgan fingerprint density at radius 1 is 1.15 bits per heavy atom. The molecular weight excluding hydrogens is 352 g/mol. The molecule has 0 N–H and O–H groups in total. The summed E-state index contributed by atoms with van der Waals surface area (Å²) < 4.78 is 9.86. The van der Waals surface area contributed by atoms with Gasteiger partial charge < -0.3 is 14.4 Å². The normalized spacial score (nSPS) is 10.2. The van der Waals surface area contributed by atoms with Crippen LogP contribution in [0.25, 0.3) is 0 Å². The quantitative estimate of drug-likeness (QED) is 0.421. The number of ether oxygens (including phenoxy) is 2. The van der Waals surface area contributed by atoms with Gasteiger partial charge >= 0.3 is 11.7 Å². The first kappa shape index (κ1) is 19.9. The monoisotopic (exact) mass is 372 g/mol. The Morgan fingerprint density at radius 3 is 2.41 bits per heavy atom.